The first-order chi connectivity index (χ1) is 11.1. The van der Waals surface area contributed by atoms with Crippen molar-refractivity contribution in [2.45, 2.75) is 25.8 Å². The molecule has 1 fully saturated rings. The van der Waals surface area contributed by atoms with Gasteiger partial charge in [-0.3, -0.25) is 0 Å². The number of para-hydroxylation sites is 1. The molecule has 1 amide bonds. The van der Waals surface area contributed by atoms with Crippen molar-refractivity contribution in [3.8, 4) is 0 Å². The molecule has 1 aromatic heterocycles. The molecule has 5 nitrogen and oxygen atoms in total. The maximum absolute atomic E-state index is 14.5. The number of carbonyl (C=O) groups is 1. The number of carboxylic acid groups (broad SMARTS) is 1. The fourth-order valence-corrected chi connectivity index (χ4v) is 2.96. The lowest BCUT2D eigenvalue weighted by atomic mass is 10.2. The summed E-state index contributed by atoms with van der Waals surface area (Å²) in [7, 11) is 0. The SMILES string of the molecule is CC1CCCN1c1cnc(N(C(=O)O)c2ccccc2)c(F)c1. The second-order valence-corrected chi connectivity index (χ2v) is 5.64. The largest absolute Gasteiger partial charge is 0.464 e. The lowest BCUT2D eigenvalue weighted by molar-refractivity contribution is 0.204. The van der Waals surface area contributed by atoms with Gasteiger partial charge in [0.05, 0.1) is 17.6 Å². The van der Waals surface area contributed by atoms with E-state index in [2.05, 4.69) is 16.8 Å². The average molecular weight is 315 g/mol. The van der Waals surface area contributed by atoms with E-state index in [9.17, 15) is 14.3 Å². The molecule has 6 heteroatoms. The summed E-state index contributed by atoms with van der Waals surface area (Å²) in [5.41, 5.74) is 1.04. The van der Waals surface area contributed by atoms with Crippen LogP contribution in [0.2, 0.25) is 0 Å². The highest BCUT2D eigenvalue weighted by atomic mass is 19.1. The molecule has 0 bridgehead atoms. The number of aromatic nitrogens is 1. The Bertz CT molecular complexity index is 708. The minimum Gasteiger partial charge on any atom is -0.464 e. The van der Waals surface area contributed by atoms with Crippen molar-refractivity contribution < 1.29 is 14.3 Å². The first-order valence-corrected chi connectivity index (χ1v) is 7.58. The lowest BCUT2D eigenvalue weighted by Gasteiger charge is -2.25. The van der Waals surface area contributed by atoms with Crippen molar-refractivity contribution in [3.05, 3.63) is 48.4 Å². The minimum atomic E-state index is -1.27. The molecule has 3 rings (SSSR count). The van der Waals surface area contributed by atoms with E-state index in [1.807, 2.05) is 0 Å². The monoisotopic (exact) mass is 315 g/mol. The van der Waals surface area contributed by atoms with Gasteiger partial charge in [-0.1, -0.05) is 18.2 Å². The highest BCUT2D eigenvalue weighted by Gasteiger charge is 2.25. The highest BCUT2D eigenvalue weighted by molar-refractivity contribution is 5.93. The minimum absolute atomic E-state index is 0.209. The summed E-state index contributed by atoms with van der Waals surface area (Å²) in [6.45, 7) is 2.95. The number of anilines is 3. The van der Waals surface area contributed by atoms with E-state index < -0.39 is 11.9 Å². The van der Waals surface area contributed by atoms with Crippen LogP contribution in [0.4, 0.5) is 26.4 Å². The summed E-state index contributed by atoms with van der Waals surface area (Å²) in [6, 6.07) is 10.1. The average Bonchev–Trinajstić information content (AvgIpc) is 2.96. The summed E-state index contributed by atoms with van der Waals surface area (Å²) in [6.07, 6.45) is 2.40. The van der Waals surface area contributed by atoms with Crippen LogP contribution in [0.1, 0.15) is 19.8 Å². The van der Waals surface area contributed by atoms with Gasteiger partial charge < -0.3 is 10.0 Å². The van der Waals surface area contributed by atoms with Crippen molar-refractivity contribution in [2.24, 2.45) is 0 Å². The topological polar surface area (TPSA) is 56.7 Å². The fourth-order valence-electron chi connectivity index (χ4n) is 2.96. The molecule has 0 radical (unpaired) electrons. The van der Waals surface area contributed by atoms with Gasteiger partial charge in [0.15, 0.2) is 11.6 Å². The van der Waals surface area contributed by atoms with Gasteiger partial charge in [-0.25, -0.2) is 19.1 Å². The summed E-state index contributed by atoms with van der Waals surface area (Å²) < 4.78 is 14.5. The molecule has 120 valence electrons. The van der Waals surface area contributed by atoms with Crippen molar-refractivity contribution in [1.82, 2.24) is 4.98 Å². The zero-order valence-corrected chi connectivity index (χ0v) is 12.8. The molecule has 1 aromatic carbocycles. The Hall–Kier alpha value is -2.63. The second kappa shape index (κ2) is 6.24. The molecule has 2 heterocycles. The van der Waals surface area contributed by atoms with Crippen LogP contribution in [0, 0.1) is 5.82 Å². The van der Waals surface area contributed by atoms with E-state index in [0.29, 0.717) is 17.4 Å². The van der Waals surface area contributed by atoms with Gasteiger partial charge in [-0.2, -0.15) is 0 Å². The van der Waals surface area contributed by atoms with Crippen LogP contribution in [0.25, 0.3) is 0 Å². The van der Waals surface area contributed by atoms with Crippen LogP contribution in [-0.2, 0) is 0 Å². The van der Waals surface area contributed by atoms with Crippen LogP contribution < -0.4 is 9.80 Å². The zero-order valence-electron chi connectivity index (χ0n) is 12.8. The van der Waals surface area contributed by atoms with Crippen molar-refractivity contribution in [3.63, 3.8) is 0 Å². The molecular formula is C17H18FN3O2. The third-order valence-corrected chi connectivity index (χ3v) is 4.11. The Labute approximate surface area is 134 Å². The van der Waals surface area contributed by atoms with Gasteiger partial charge in [0, 0.05) is 18.7 Å². The Kier molecular flexibility index (Phi) is 4.14. The number of nitrogens with zero attached hydrogens (tertiary/aromatic N) is 3. The first kappa shape index (κ1) is 15.3. The van der Waals surface area contributed by atoms with Crippen LogP contribution in [0.3, 0.4) is 0 Å². The quantitative estimate of drug-likeness (QED) is 0.929. The van der Waals surface area contributed by atoms with Crippen molar-refractivity contribution in [2.75, 3.05) is 16.3 Å². The maximum atomic E-state index is 14.5. The van der Waals surface area contributed by atoms with E-state index >= 15 is 0 Å². The van der Waals surface area contributed by atoms with Crippen molar-refractivity contribution >= 4 is 23.3 Å². The van der Waals surface area contributed by atoms with E-state index in [4.69, 9.17) is 0 Å². The lowest BCUT2D eigenvalue weighted by Crippen LogP contribution is -2.28. The number of hydrogen-bond acceptors (Lipinski definition) is 3. The summed E-state index contributed by atoms with van der Waals surface area (Å²) in [5, 5.41) is 9.44. The Morgan fingerprint density at radius 3 is 2.70 bits per heavy atom. The van der Waals surface area contributed by atoms with E-state index in [1.54, 1.807) is 36.5 Å². The molecule has 1 saturated heterocycles. The third-order valence-electron chi connectivity index (χ3n) is 4.11. The Morgan fingerprint density at radius 2 is 2.13 bits per heavy atom. The normalized spacial score (nSPS) is 17.3. The zero-order chi connectivity index (χ0) is 16.4. The predicted molar refractivity (Wildman–Crippen MR) is 86.8 cm³/mol. The fraction of sp³-hybridized carbons (Fsp3) is 0.294. The molecule has 1 aliphatic heterocycles. The molecule has 1 atom stereocenters. The van der Waals surface area contributed by atoms with Gasteiger partial charge >= 0.3 is 6.09 Å². The summed E-state index contributed by atoms with van der Waals surface area (Å²) in [4.78, 5) is 18.6. The Morgan fingerprint density at radius 1 is 1.39 bits per heavy atom. The van der Waals surface area contributed by atoms with Gasteiger partial charge in [0.1, 0.15) is 0 Å². The standard InChI is InChI=1S/C17H18FN3O2/c1-12-6-5-9-20(12)14-10-15(18)16(19-11-14)21(17(22)23)13-7-3-2-4-8-13/h2-4,7-8,10-12H,5-6,9H2,1H3,(H,22,23). The van der Waals surface area contributed by atoms with E-state index in [0.717, 1.165) is 24.3 Å². The Balaban J connectivity index is 1.97. The van der Waals surface area contributed by atoms with Crippen LogP contribution in [-0.4, -0.2) is 28.8 Å². The van der Waals surface area contributed by atoms with Gasteiger partial charge in [0.25, 0.3) is 0 Å². The predicted octanol–water partition coefficient (Wildman–Crippen LogP) is 4.03. The van der Waals surface area contributed by atoms with E-state index in [1.165, 1.54) is 6.07 Å². The molecule has 2 aromatic rings. The van der Waals surface area contributed by atoms with Crippen LogP contribution in [0.15, 0.2) is 42.6 Å². The molecule has 23 heavy (non-hydrogen) atoms. The van der Waals surface area contributed by atoms with E-state index in [-0.39, 0.29) is 5.82 Å². The second-order valence-electron chi connectivity index (χ2n) is 5.64. The molecule has 0 aliphatic carbocycles. The van der Waals surface area contributed by atoms with Gasteiger partial charge in [0.2, 0.25) is 0 Å². The maximum Gasteiger partial charge on any atom is 0.417 e. The summed E-state index contributed by atoms with van der Waals surface area (Å²) in [5.74, 6) is -0.854. The summed E-state index contributed by atoms with van der Waals surface area (Å²) >= 11 is 0. The van der Waals surface area contributed by atoms with Crippen LogP contribution in [0.5, 0.6) is 0 Å². The number of benzene rings is 1. The van der Waals surface area contributed by atoms with Crippen LogP contribution >= 0.6 is 0 Å². The van der Waals surface area contributed by atoms with Gasteiger partial charge in [-0.05, 0) is 31.9 Å². The molecular weight excluding hydrogens is 297 g/mol. The number of rotatable bonds is 3. The highest BCUT2D eigenvalue weighted by Crippen LogP contribution is 2.31. The van der Waals surface area contributed by atoms with Crippen molar-refractivity contribution in [1.29, 1.82) is 0 Å². The first-order valence-electron chi connectivity index (χ1n) is 7.58. The smallest absolute Gasteiger partial charge is 0.417 e. The van der Waals surface area contributed by atoms with Gasteiger partial charge in [-0.15, -0.1) is 0 Å². The molecule has 0 saturated carbocycles. The molecule has 0 spiro atoms. The number of amides is 1. The number of halogens is 1. The third kappa shape index (κ3) is 2.97. The molecule has 1 unspecified atom stereocenters. The molecule has 1 aliphatic rings. The number of hydrogen-bond donors (Lipinski definition) is 1. The number of pyridine rings is 1. The molecule has 1 N–H and O–H groups in total.